The van der Waals surface area contributed by atoms with Crippen molar-refractivity contribution in [2.75, 3.05) is 42.6 Å². The van der Waals surface area contributed by atoms with Crippen molar-refractivity contribution in [3.8, 4) is 11.1 Å². The summed E-state index contributed by atoms with van der Waals surface area (Å²) in [4.78, 5) is 27.3. The van der Waals surface area contributed by atoms with Gasteiger partial charge in [0.15, 0.2) is 5.69 Å². The number of aryl methyl sites for hydroxylation is 2. The van der Waals surface area contributed by atoms with Gasteiger partial charge in [-0.15, -0.1) is 0 Å². The zero-order valence-electron chi connectivity index (χ0n) is 25.0. The number of imidazole rings is 1. The van der Waals surface area contributed by atoms with E-state index in [1.54, 1.807) is 42.0 Å². The van der Waals surface area contributed by atoms with Crippen molar-refractivity contribution >= 4 is 28.2 Å². The summed E-state index contributed by atoms with van der Waals surface area (Å²) >= 11 is 0. The molecule has 1 saturated heterocycles. The van der Waals surface area contributed by atoms with Gasteiger partial charge in [-0.05, 0) is 65.4 Å². The zero-order chi connectivity index (χ0) is 31.3. The number of carbonyl (C=O) groups excluding carboxylic acids is 1. The average molecular weight is 616 g/mol. The quantitative estimate of drug-likeness (QED) is 0.251. The molecule has 45 heavy (non-hydrogen) atoms. The largest absolute Gasteiger partial charge is 0.435 e. The van der Waals surface area contributed by atoms with Crippen molar-refractivity contribution < 1.29 is 22.7 Å². The monoisotopic (exact) mass is 615 g/mol. The number of hydrogen-bond donors (Lipinski definition) is 0. The number of benzene rings is 2. The number of carbonyl (C=O) groups is 1. The highest BCUT2D eigenvalue weighted by molar-refractivity contribution is 6.14. The van der Waals surface area contributed by atoms with Gasteiger partial charge in [0.25, 0.3) is 5.91 Å². The molecule has 0 spiro atoms. The van der Waals surface area contributed by atoms with Crippen molar-refractivity contribution in [3.63, 3.8) is 0 Å². The van der Waals surface area contributed by atoms with Crippen LogP contribution < -0.4 is 9.80 Å². The van der Waals surface area contributed by atoms with E-state index in [9.17, 15) is 18.0 Å². The number of fused-ring (bicyclic) bond motifs is 2. The fourth-order valence-corrected chi connectivity index (χ4v) is 6.48. The number of halogens is 3. The molecular weight excluding hydrogens is 583 g/mol. The molecule has 232 valence electrons. The maximum Gasteiger partial charge on any atom is 0.435 e. The minimum absolute atomic E-state index is 0.0351. The molecule has 5 heterocycles. The van der Waals surface area contributed by atoms with E-state index in [-0.39, 0.29) is 11.5 Å². The summed E-state index contributed by atoms with van der Waals surface area (Å²) < 4.78 is 51.0. The number of ether oxygens (including phenoxy) is 1. The van der Waals surface area contributed by atoms with E-state index in [1.165, 1.54) is 17.9 Å². The number of pyridine rings is 1. The first kappa shape index (κ1) is 29.0. The molecule has 0 radical (unpaired) electrons. The molecule has 0 saturated carbocycles. The molecule has 0 atom stereocenters. The number of aromatic nitrogens is 5. The van der Waals surface area contributed by atoms with Crippen LogP contribution in [-0.4, -0.2) is 63.1 Å². The predicted molar refractivity (Wildman–Crippen MR) is 165 cm³/mol. The third-order valence-corrected chi connectivity index (χ3v) is 8.59. The first-order chi connectivity index (χ1) is 21.7. The molecule has 9 nitrogen and oxygen atoms in total. The van der Waals surface area contributed by atoms with Gasteiger partial charge in [-0.25, -0.2) is 4.98 Å². The smallest absolute Gasteiger partial charge is 0.378 e. The summed E-state index contributed by atoms with van der Waals surface area (Å²) in [6.07, 6.45) is 4.69. The number of anilines is 2. The molecule has 3 aromatic heterocycles. The molecule has 0 bridgehead atoms. The summed E-state index contributed by atoms with van der Waals surface area (Å²) in [5.41, 5.74) is 4.72. The second kappa shape index (κ2) is 11.3. The van der Waals surface area contributed by atoms with Gasteiger partial charge in [0.2, 0.25) is 0 Å². The first-order valence-electron chi connectivity index (χ1n) is 15.0. The number of hydrogen-bond acceptors (Lipinski definition) is 6. The normalized spacial score (nSPS) is 15.6. The van der Waals surface area contributed by atoms with Crippen molar-refractivity contribution in [2.24, 2.45) is 7.05 Å². The van der Waals surface area contributed by atoms with Gasteiger partial charge in [0, 0.05) is 74.5 Å². The summed E-state index contributed by atoms with van der Waals surface area (Å²) in [5.74, 6) is -0.259. The fourth-order valence-electron chi connectivity index (χ4n) is 6.48. The fraction of sp³-hybridized carbons (Fsp3) is 0.333. The molecule has 2 aliphatic heterocycles. The number of morpholine rings is 1. The van der Waals surface area contributed by atoms with E-state index in [4.69, 9.17) is 9.72 Å². The lowest BCUT2D eigenvalue weighted by Crippen LogP contribution is -2.38. The molecule has 2 aromatic carbocycles. The Morgan fingerprint density at radius 3 is 2.49 bits per heavy atom. The highest BCUT2D eigenvalue weighted by atomic mass is 19.4. The van der Waals surface area contributed by atoms with E-state index >= 15 is 0 Å². The highest BCUT2D eigenvalue weighted by Crippen LogP contribution is 2.41. The van der Waals surface area contributed by atoms with E-state index in [1.807, 2.05) is 10.6 Å². The first-order valence-corrected chi connectivity index (χ1v) is 15.0. The minimum atomic E-state index is -4.65. The summed E-state index contributed by atoms with van der Waals surface area (Å²) in [7, 11) is 1.47. The molecule has 12 heteroatoms. The molecule has 5 aromatic rings. The van der Waals surface area contributed by atoms with Crippen LogP contribution in [0.2, 0.25) is 0 Å². The Labute approximate surface area is 257 Å². The molecule has 7 rings (SSSR count). The zero-order valence-corrected chi connectivity index (χ0v) is 25.0. The standard InChI is InChI=1S/C33H32F3N7O2/c1-3-21-14-26-28(4-6-38-30(26)29(17-21)42-10-12-45-13-11-42)43-8-5-23-24(27-19-40(2)39-31(27)33(34,35)36)15-22(16-25(23)32(43)44)18-41-9-7-37-20-41/h4,6-7,9,14-17,19-20H,3,5,8,10-13,18H2,1-2H3. The Bertz CT molecular complexity index is 1890. The van der Waals surface area contributed by atoms with E-state index < -0.39 is 11.9 Å². The Kier molecular flexibility index (Phi) is 7.31. The molecule has 1 fully saturated rings. The third-order valence-electron chi connectivity index (χ3n) is 8.59. The van der Waals surface area contributed by atoms with Crippen LogP contribution >= 0.6 is 0 Å². The number of nitrogens with zero attached hydrogens (tertiary/aromatic N) is 7. The SMILES string of the molecule is CCc1cc(N2CCOCC2)c2nccc(N3CCc4c(cc(Cn5ccnc5)cc4-c4cn(C)nc4C(F)(F)F)C3=O)c2c1. The number of amides is 1. The Morgan fingerprint density at radius 2 is 1.76 bits per heavy atom. The van der Waals surface area contributed by atoms with Crippen molar-refractivity contribution in [1.29, 1.82) is 0 Å². The number of alkyl halides is 3. The molecule has 0 unspecified atom stereocenters. The average Bonchev–Trinajstić information content (AvgIpc) is 3.70. The minimum Gasteiger partial charge on any atom is -0.378 e. The second-order valence-electron chi connectivity index (χ2n) is 11.5. The van der Waals surface area contributed by atoms with Gasteiger partial charge in [0.05, 0.1) is 36.4 Å². The Balaban J connectivity index is 1.37. The topological polar surface area (TPSA) is 81.3 Å². The summed E-state index contributed by atoms with van der Waals surface area (Å²) in [6, 6.07) is 9.66. The maximum atomic E-state index is 14.4. The van der Waals surface area contributed by atoms with Crippen LogP contribution in [-0.2, 0) is 37.3 Å². The van der Waals surface area contributed by atoms with Gasteiger partial charge < -0.3 is 19.1 Å². The van der Waals surface area contributed by atoms with Crippen LogP contribution in [0.3, 0.4) is 0 Å². The van der Waals surface area contributed by atoms with E-state index in [0.717, 1.165) is 47.4 Å². The summed E-state index contributed by atoms with van der Waals surface area (Å²) in [5, 5.41) is 4.63. The van der Waals surface area contributed by atoms with Gasteiger partial charge >= 0.3 is 6.18 Å². The second-order valence-corrected chi connectivity index (χ2v) is 11.5. The van der Waals surface area contributed by atoms with Gasteiger partial charge in [-0.1, -0.05) is 6.92 Å². The van der Waals surface area contributed by atoms with Gasteiger partial charge in [-0.3, -0.25) is 14.5 Å². The molecule has 0 N–H and O–H groups in total. The van der Waals surface area contributed by atoms with Crippen LogP contribution in [0.4, 0.5) is 24.5 Å². The van der Waals surface area contributed by atoms with Crippen molar-refractivity contribution in [1.82, 2.24) is 24.3 Å². The van der Waals surface area contributed by atoms with Crippen LogP contribution in [0, 0.1) is 0 Å². The third kappa shape index (κ3) is 5.33. The highest BCUT2D eigenvalue weighted by Gasteiger charge is 2.39. The van der Waals surface area contributed by atoms with Crippen molar-refractivity contribution in [3.05, 3.63) is 89.4 Å². The van der Waals surface area contributed by atoms with Gasteiger partial charge in [0.1, 0.15) is 0 Å². The maximum absolute atomic E-state index is 14.4. The molecule has 2 aliphatic rings. The molecule has 0 aliphatic carbocycles. The molecule has 1 amide bonds. The van der Waals surface area contributed by atoms with Gasteiger partial charge in [-0.2, -0.15) is 18.3 Å². The Morgan fingerprint density at radius 1 is 0.956 bits per heavy atom. The van der Waals surface area contributed by atoms with Crippen LogP contribution in [0.1, 0.15) is 39.7 Å². The Hall–Kier alpha value is -4.71. The lowest BCUT2D eigenvalue weighted by molar-refractivity contribution is -0.140. The predicted octanol–water partition coefficient (Wildman–Crippen LogP) is 5.50. The van der Waals surface area contributed by atoms with Crippen LogP contribution in [0.25, 0.3) is 22.0 Å². The van der Waals surface area contributed by atoms with E-state index in [2.05, 4.69) is 34.0 Å². The summed E-state index contributed by atoms with van der Waals surface area (Å²) in [6.45, 7) is 5.52. The van der Waals surface area contributed by atoms with Crippen molar-refractivity contribution in [2.45, 2.75) is 32.5 Å². The van der Waals surface area contributed by atoms with Crippen LogP contribution in [0.5, 0.6) is 0 Å². The lowest BCUT2D eigenvalue weighted by Gasteiger charge is -2.33. The van der Waals surface area contributed by atoms with Crippen LogP contribution in [0.15, 0.2) is 61.4 Å². The molecular formula is C33H32F3N7O2. The lowest BCUT2D eigenvalue weighted by atomic mass is 9.87. The number of rotatable bonds is 6. The van der Waals surface area contributed by atoms with E-state index in [0.29, 0.717) is 55.0 Å².